The minimum absolute atomic E-state index is 0.000995. The van der Waals surface area contributed by atoms with Crippen molar-refractivity contribution in [3.63, 3.8) is 0 Å². The lowest BCUT2D eigenvalue weighted by Crippen LogP contribution is -2.24. The van der Waals surface area contributed by atoms with Crippen molar-refractivity contribution >= 4 is 22.3 Å². The molecule has 0 saturated heterocycles. The van der Waals surface area contributed by atoms with Crippen LogP contribution in [0.1, 0.15) is 31.1 Å². The Morgan fingerprint density at radius 3 is 2.33 bits per heavy atom. The summed E-state index contributed by atoms with van der Waals surface area (Å²) >= 11 is 1.04. The maximum absolute atomic E-state index is 13.9. The topological polar surface area (TPSA) is 52.3 Å². The Kier molecular flexibility index (Phi) is 4.00. The van der Waals surface area contributed by atoms with Gasteiger partial charge in [-0.15, -0.1) is 11.3 Å². The van der Waals surface area contributed by atoms with Crippen LogP contribution in [0, 0.1) is 11.6 Å². The van der Waals surface area contributed by atoms with Gasteiger partial charge in [0, 0.05) is 10.9 Å². The van der Waals surface area contributed by atoms with Gasteiger partial charge in [0.1, 0.15) is 27.8 Å². The average Bonchev–Trinajstić information content (AvgIpc) is 2.68. The number of rotatable bonds is 2. The number of nitrogens with two attached hydrogens (primary N) is 1. The standard InChI is InChI=1S/C15H15F2NO2S/c1-15(2,3)20-14(19)12-8(7-21-13(12)18)11-9(16)5-4-6-10(11)17/h4-7H,18H2,1-3H3. The first-order valence-corrected chi connectivity index (χ1v) is 7.13. The molecule has 112 valence electrons. The van der Waals surface area contributed by atoms with Crippen LogP contribution >= 0.6 is 11.3 Å². The average molecular weight is 311 g/mol. The van der Waals surface area contributed by atoms with Gasteiger partial charge in [0.25, 0.3) is 0 Å². The molecule has 0 radical (unpaired) electrons. The van der Waals surface area contributed by atoms with Crippen molar-refractivity contribution in [1.82, 2.24) is 0 Å². The van der Waals surface area contributed by atoms with E-state index in [1.807, 2.05) is 0 Å². The van der Waals surface area contributed by atoms with Gasteiger partial charge >= 0.3 is 5.97 Å². The predicted octanol–water partition coefficient (Wildman–Crippen LogP) is 4.23. The molecule has 2 N–H and O–H groups in total. The van der Waals surface area contributed by atoms with E-state index in [-0.39, 0.29) is 21.7 Å². The molecule has 0 aliphatic rings. The number of carbonyl (C=O) groups is 1. The summed E-state index contributed by atoms with van der Waals surface area (Å²) in [6, 6.07) is 3.52. The molecule has 1 aromatic carbocycles. The number of esters is 1. The number of hydrogen-bond donors (Lipinski definition) is 1. The normalized spacial score (nSPS) is 11.5. The third-order valence-corrected chi connectivity index (χ3v) is 3.47. The second-order valence-corrected chi connectivity index (χ2v) is 6.40. The van der Waals surface area contributed by atoms with Crippen molar-refractivity contribution in [3.8, 4) is 11.1 Å². The van der Waals surface area contributed by atoms with Gasteiger partial charge in [-0.1, -0.05) is 6.07 Å². The van der Waals surface area contributed by atoms with E-state index in [0.29, 0.717) is 0 Å². The molecule has 0 aliphatic heterocycles. The molecule has 1 heterocycles. The van der Waals surface area contributed by atoms with Gasteiger partial charge in [0.2, 0.25) is 0 Å². The number of carbonyl (C=O) groups excluding carboxylic acids is 1. The van der Waals surface area contributed by atoms with E-state index in [1.54, 1.807) is 20.8 Å². The first-order valence-electron chi connectivity index (χ1n) is 6.25. The molecule has 2 aromatic rings. The highest BCUT2D eigenvalue weighted by Crippen LogP contribution is 2.37. The Morgan fingerprint density at radius 1 is 1.24 bits per heavy atom. The summed E-state index contributed by atoms with van der Waals surface area (Å²) in [5.41, 5.74) is 4.89. The number of anilines is 1. The van der Waals surface area contributed by atoms with Crippen LogP contribution in [0.15, 0.2) is 23.6 Å². The Hall–Kier alpha value is -1.95. The third kappa shape index (κ3) is 3.21. The predicted molar refractivity (Wildman–Crippen MR) is 79.3 cm³/mol. The molecule has 1 aromatic heterocycles. The van der Waals surface area contributed by atoms with Crippen LogP contribution in [0.5, 0.6) is 0 Å². The first kappa shape index (κ1) is 15.4. The zero-order valence-corrected chi connectivity index (χ0v) is 12.7. The third-order valence-electron chi connectivity index (χ3n) is 2.65. The molecule has 21 heavy (non-hydrogen) atoms. The molecule has 6 heteroatoms. The number of benzene rings is 1. The summed E-state index contributed by atoms with van der Waals surface area (Å²) in [6.45, 7) is 5.12. The fraction of sp³-hybridized carbons (Fsp3) is 0.267. The maximum atomic E-state index is 13.9. The first-order chi connectivity index (χ1) is 9.70. The van der Waals surface area contributed by atoms with E-state index in [1.165, 1.54) is 11.4 Å². The quantitative estimate of drug-likeness (QED) is 0.844. The van der Waals surface area contributed by atoms with E-state index in [2.05, 4.69) is 0 Å². The Bertz CT molecular complexity index is 669. The van der Waals surface area contributed by atoms with Crippen LogP contribution in [-0.4, -0.2) is 11.6 Å². The number of hydrogen-bond acceptors (Lipinski definition) is 4. The van der Waals surface area contributed by atoms with Gasteiger partial charge < -0.3 is 10.5 Å². The molecule has 2 rings (SSSR count). The summed E-state index contributed by atoms with van der Waals surface area (Å²) in [4.78, 5) is 12.2. The van der Waals surface area contributed by atoms with Crippen LogP contribution in [0.25, 0.3) is 11.1 Å². The smallest absolute Gasteiger partial charge is 0.342 e. The number of halogens is 2. The van der Waals surface area contributed by atoms with Crippen molar-refractivity contribution in [2.75, 3.05) is 5.73 Å². The fourth-order valence-corrected chi connectivity index (χ4v) is 2.64. The van der Waals surface area contributed by atoms with Crippen LogP contribution in [0.2, 0.25) is 0 Å². The van der Waals surface area contributed by atoms with E-state index < -0.39 is 23.2 Å². The summed E-state index contributed by atoms with van der Waals surface area (Å²) in [7, 11) is 0. The molecular weight excluding hydrogens is 296 g/mol. The molecule has 0 fully saturated rings. The summed E-state index contributed by atoms with van der Waals surface area (Å²) in [5, 5.41) is 1.62. The number of thiophene rings is 1. The molecule has 0 aliphatic carbocycles. The molecule has 0 amide bonds. The fourth-order valence-electron chi connectivity index (χ4n) is 1.85. The van der Waals surface area contributed by atoms with E-state index in [9.17, 15) is 13.6 Å². The number of nitrogen functional groups attached to an aromatic ring is 1. The van der Waals surface area contributed by atoms with Crippen LogP contribution < -0.4 is 5.73 Å². The molecule has 0 atom stereocenters. The molecule has 0 spiro atoms. The van der Waals surface area contributed by atoms with Gasteiger partial charge in [-0.25, -0.2) is 13.6 Å². The van der Waals surface area contributed by atoms with Crippen LogP contribution in [-0.2, 0) is 4.74 Å². The second kappa shape index (κ2) is 5.44. The van der Waals surface area contributed by atoms with Crippen molar-refractivity contribution in [1.29, 1.82) is 0 Å². The van der Waals surface area contributed by atoms with E-state index in [0.717, 1.165) is 23.5 Å². The lowest BCUT2D eigenvalue weighted by molar-refractivity contribution is 0.00722. The molecular formula is C15H15F2NO2S. The SMILES string of the molecule is CC(C)(C)OC(=O)c1c(-c2c(F)cccc2F)csc1N. The van der Waals surface area contributed by atoms with Gasteiger partial charge in [0.15, 0.2) is 0 Å². The van der Waals surface area contributed by atoms with Gasteiger partial charge in [-0.05, 0) is 32.9 Å². The minimum Gasteiger partial charge on any atom is -0.456 e. The molecule has 0 unspecified atom stereocenters. The van der Waals surface area contributed by atoms with Crippen molar-refractivity contribution in [3.05, 3.63) is 40.8 Å². The van der Waals surface area contributed by atoms with E-state index >= 15 is 0 Å². The Labute approximate surface area is 125 Å². The maximum Gasteiger partial charge on any atom is 0.342 e. The highest BCUT2D eigenvalue weighted by Gasteiger charge is 2.27. The zero-order valence-electron chi connectivity index (χ0n) is 11.9. The van der Waals surface area contributed by atoms with Crippen molar-refractivity contribution < 1.29 is 18.3 Å². The zero-order chi connectivity index (χ0) is 15.8. The van der Waals surface area contributed by atoms with E-state index in [4.69, 9.17) is 10.5 Å². The summed E-state index contributed by atoms with van der Waals surface area (Å²) in [6.07, 6.45) is 0. The van der Waals surface area contributed by atoms with Crippen molar-refractivity contribution in [2.45, 2.75) is 26.4 Å². The highest BCUT2D eigenvalue weighted by molar-refractivity contribution is 7.14. The largest absolute Gasteiger partial charge is 0.456 e. The Morgan fingerprint density at radius 2 is 1.81 bits per heavy atom. The molecule has 3 nitrogen and oxygen atoms in total. The van der Waals surface area contributed by atoms with Gasteiger partial charge in [0.05, 0.1) is 5.56 Å². The lowest BCUT2D eigenvalue weighted by atomic mass is 10.0. The molecule has 0 saturated carbocycles. The summed E-state index contributed by atoms with van der Waals surface area (Å²) in [5.74, 6) is -2.20. The van der Waals surface area contributed by atoms with Crippen LogP contribution in [0.3, 0.4) is 0 Å². The van der Waals surface area contributed by atoms with Crippen molar-refractivity contribution in [2.24, 2.45) is 0 Å². The highest BCUT2D eigenvalue weighted by atomic mass is 32.1. The Balaban J connectivity index is 2.56. The number of ether oxygens (including phenoxy) is 1. The minimum atomic E-state index is -0.752. The van der Waals surface area contributed by atoms with Gasteiger partial charge in [-0.3, -0.25) is 0 Å². The molecule has 0 bridgehead atoms. The monoisotopic (exact) mass is 311 g/mol. The lowest BCUT2D eigenvalue weighted by Gasteiger charge is -2.20. The van der Waals surface area contributed by atoms with Crippen LogP contribution in [0.4, 0.5) is 13.8 Å². The second-order valence-electron chi connectivity index (χ2n) is 5.49. The summed E-state index contributed by atoms with van der Waals surface area (Å²) < 4.78 is 33.0. The van der Waals surface area contributed by atoms with Gasteiger partial charge in [-0.2, -0.15) is 0 Å².